The summed E-state index contributed by atoms with van der Waals surface area (Å²) < 4.78 is 24.7. The van der Waals surface area contributed by atoms with E-state index in [4.69, 9.17) is 0 Å². The molecule has 2 aromatic rings. The van der Waals surface area contributed by atoms with E-state index in [1.54, 1.807) is 6.07 Å². The lowest BCUT2D eigenvalue weighted by Gasteiger charge is -2.04. The first-order valence-electron chi connectivity index (χ1n) is 5.07. The fourth-order valence-corrected chi connectivity index (χ4v) is 2.30. The quantitative estimate of drug-likeness (QED) is 0.860. The van der Waals surface area contributed by atoms with Crippen molar-refractivity contribution in [2.75, 3.05) is 11.0 Å². The maximum Gasteiger partial charge on any atom is 0.229 e. The molecule has 0 aliphatic heterocycles. The predicted octanol–water partition coefficient (Wildman–Crippen LogP) is 2.10. The molecular weight excluding hydrogens is 224 g/mol. The number of aromatic amines is 1. The summed E-state index contributed by atoms with van der Waals surface area (Å²) in [6.07, 6.45) is 4.02. The van der Waals surface area contributed by atoms with Gasteiger partial charge in [0.25, 0.3) is 0 Å². The Balaban J connectivity index is 2.49. The van der Waals surface area contributed by atoms with E-state index < -0.39 is 10.0 Å². The van der Waals surface area contributed by atoms with Crippen LogP contribution in [-0.2, 0) is 16.4 Å². The molecule has 0 spiro atoms. The summed E-state index contributed by atoms with van der Waals surface area (Å²) in [7, 11) is -3.21. The van der Waals surface area contributed by atoms with Gasteiger partial charge in [-0.05, 0) is 30.2 Å². The summed E-state index contributed by atoms with van der Waals surface area (Å²) in [5.41, 5.74) is 2.81. The van der Waals surface area contributed by atoms with E-state index >= 15 is 0 Å². The fourth-order valence-electron chi connectivity index (χ4n) is 1.75. The zero-order valence-corrected chi connectivity index (χ0v) is 10.1. The van der Waals surface area contributed by atoms with Gasteiger partial charge in [-0.15, -0.1) is 0 Å². The van der Waals surface area contributed by atoms with Gasteiger partial charge in [0, 0.05) is 22.8 Å². The molecular formula is C11H14N2O2S. The average Bonchev–Trinajstić information content (AvgIpc) is 2.57. The van der Waals surface area contributed by atoms with Gasteiger partial charge >= 0.3 is 0 Å². The van der Waals surface area contributed by atoms with E-state index in [9.17, 15) is 8.42 Å². The highest BCUT2D eigenvalue weighted by atomic mass is 32.2. The number of hydrogen-bond acceptors (Lipinski definition) is 2. The highest BCUT2D eigenvalue weighted by Gasteiger charge is 2.05. The normalized spacial score (nSPS) is 11.9. The van der Waals surface area contributed by atoms with Crippen molar-refractivity contribution in [3.05, 3.63) is 30.0 Å². The van der Waals surface area contributed by atoms with E-state index in [-0.39, 0.29) is 0 Å². The van der Waals surface area contributed by atoms with Gasteiger partial charge in [0.15, 0.2) is 0 Å². The van der Waals surface area contributed by atoms with Gasteiger partial charge in [0.2, 0.25) is 10.0 Å². The van der Waals surface area contributed by atoms with E-state index in [0.717, 1.165) is 23.6 Å². The van der Waals surface area contributed by atoms with E-state index in [0.29, 0.717) is 5.69 Å². The maximum absolute atomic E-state index is 11.1. The first-order chi connectivity index (χ1) is 7.49. The van der Waals surface area contributed by atoms with Crippen molar-refractivity contribution in [3.8, 4) is 0 Å². The van der Waals surface area contributed by atoms with Crippen LogP contribution in [0.2, 0.25) is 0 Å². The molecule has 4 nitrogen and oxygen atoms in total. The van der Waals surface area contributed by atoms with Crippen molar-refractivity contribution in [2.24, 2.45) is 0 Å². The summed E-state index contributed by atoms with van der Waals surface area (Å²) >= 11 is 0. The molecule has 0 fully saturated rings. The highest BCUT2D eigenvalue weighted by Crippen LogP contribution is 2.23. The molecule has 0 unspecified atom stereocenters. The smallest absolute Gasteiger partial charge is 0.229 e. The minimum Gasteiger partial charge on any atom is -0.361 e. The van der Waals surface area contributed by atoms with Crippen molar-refractivity contribution >= 4 is 26.6 Å². The monoisotopic (exact) mass is 238 g/mol. The molecule has 0 aliphatic rings. The van der Waals surface area contributed by atoms with E-state index in [1.165, 1.54) is 5.56 Å². The molecule has 86 valence electrons. The zero-order valence-electron chi connectivity index (χ0n) is 9.24. The Morgan fingerprint density at radius 2 is 2.12 bits per heavy atom. The minimum atomic E-state index is -3.21. The second-order valence-electron chi connectivity index (χ2n) is 3.80. The Bertz CT molecular complexity index is 614. The van der Waals surface area contributed by atoms with Crippen LogP contribution in [0.25, 0.3) is 10.9 Å². The molecule has 0 aliphatic carbocycles. The minimum absolute atomic E-state index is 0.601. The molecule has 0 atom stereocenters. The summed E-state index contributed by atoms with van der Waals surface area (Å²) in [6.45, 7) is 2.07. The van der Waals surface area contributed by atoms with Crippen LogP contribution in [0.4, 0.5) is 5.69 Å². The number of nitrogens with one attached hydrogen (secondary N) is 2. The van der Waals surface area contributed by atoms with Gasteiger partial charge in [-0.1, -0.05) is 6.92 Å². The number of H-pyrrole nitrogens is 1. The van der Waals surface area contributed by atoms with Crippen LogP contribution in [0.3, 0.4) is 0 Å². The molecule has 0 saturated carbocycles. The third-order valence-corrected chi connectivity index (χ3v) is 3.06. The average molecular weight is 238 g/mol. The third-order valence-electron chi connectivity index (χ3n) is 2.45. The number of benzene rings is 1. The SMILES string of the molecule is CCc1c[nH]c2ccc(NS(C)(=O)=O)cc12. The Morgan fingerprint density at radius 3 is 2.75 bits per heavy atom. The molecule has 5 heteroatoms. The van der Waals surface area contributed by atoms with Crippen LogP contribution in [0, 0.1) is 0 Å². The van der Waals surface area contributed by atoms with Crippen LogP contribution in [0.1, 0.15) is 12.5 Å². The number of anilines is 1. The molecule has 16 heavy (non-hydrogen) atoms. The predicted molar refractivity (Wildman–Crippen MR) is 66.1 cm³/mol. The van der Waals surface area contributed by atoms with Crippen molar-refractivity contribution < 1.29 is 8.42 Å². The van der Waals surface area contributed by atoms with Gasteiger partial charge in [-0.2, -0.15) is 0 Å². The van der Waals surface area contributed by atoms with Crippen molar-refractivity contribution in [3.63, 3.8) is 0 Å². The summed E-state index contributed by atoms with van der Waals surface area (Å²) in [4.78, 5) is 3.15. The second kappa shape index (κ2) is 3.83. The van der Waals surface area contributed by atoms with Crippen molar-refractivity contribution in [2.45, 2.75) is 13.3 Å². The topological polar surface area (TPSA) is 62.0 Å². The maximum atomic E-state index is 11.1. The number of aryl methyl sites for hydroxylation is 1. The van der Waals surface area contributed by atoms with Gasteiger partial charge < -0.3 is 4.98 Å². The third kappa shape index (κ3) is 2.19. The number of sulfonamides is 1. The van der Waals surface area contributed by atoms with Crippen molar-refractivity contribution in [1.82, 2.24) is 4.98 Å². The Labute approximate surface area is 94.7 Å². The lowest BCUT2D eigenvalue weighted by Crippen LogP contribution is -2.09. The molecule has 1 aromatic carbocycles. The van der Waals surface area contributed by atoms with Gasteiger partial charge in [-0.25, -0.2) is 8.42 Å². The van der Waals surface area contributed by atoms with Gasteiger partial charge in [0.1, 0.15) is 0 Å². The molecule has 0 radical (unpaired) electrons. The van der Waals surface area contributed by atoms with E-state index in [1.807, 2.05) is 18.3 Å². The zero-order chi connectivity index (χ0) is 11.8. The van der Waals surface area contributed by atoms with Crippen LogP contribution < -0.4 is 4.72 Å². The molecule has 2 rings (SSSR count). The lowest BCUT2D eigenvalue weighted by atomic mass is 10.1. The number of hydrogen-bond donors (Lipinski definition) is 2. The first-order valence-corrected chi connectivity index (χ1v) is 6.96. The largest absolute Gasteiger partial charge is 0.361 e. The first kappa shape index (κ1) is 11.0. The Kier molecular flexibility index (Phi) is 2.63. The molecule has 1 aromatic heterocycles. The van der Waals surface area contributed by atoms with Crippen LogP contribution in [0.5, 0.6) is 0 Å². The highest BCUT2D eigenvalue weighted by molar-refractivity contribution is 7.92. The van der Waals surface area contributed by atoms with Gasteiger partial charge in [0.05, 0.1) is 6.26 Å². The standard InChI is InChI=1S/C11H14N2O2S/c1-3-8-7-12-11-5-4-9(6-10(8)11)13-16(2,14)15/h4-7,12-13H,3H2,1-2H3. The molecule has 0 saturated heterocycles. The van der Waals surface area contributed by atoms with Crippen LogP contribution in [0.15, 0.2) is 24.4 Å². The number of fused-ring (bicyclic) bond motifs is 1. The van der Waals surface area contributed by atoms with Crippen LogP contribution in [-0.4, -0.2) is 19.7 Å². The summed E-state index contributed by atoms with van der Waals surface area (Å²) in [5.74, 6) is 0. The molecule has 0 amide bonds. The molecule has 2 N–H and O–H groups in total. The Morgan fingerprint density at radius 1 is 1.38 bits per heavy atom. The van der Waals surface area contributed by atoms with Crippen LogP contribution >= 0.6 is 0 Å². The Hall–Kier alpha value is -1.49. The lowest BCUT2D eigenvalue weighted by molar-refractivity contribution is 0.607. The number of rotatable bonds is 3. The molecule has 1 heterocycles. The molecule has 0 bridgehead atoms. The van der Waals surface area contributed by atoms with Crippen molar-refractivity contribution in [1.29, 1.82) is 0 Å². The van der Waals surface area contributed by atoms with E-state index in [2.05, 4.69) is 16.6 Å². The fraction of sp³-hybridized carbons (Fsp3) is 0.273. The second-order valence-corrected chi connectivity index (χ2v) is 5.55. The van der Waals surface area contributed by atoms with Gasteiger partial charge in [-0.3, -0.25) is 4.72 Å². The summed E-state index contributed by atoms with van der Waals surface area (Å²) in [5, 5.41) is 1.07. The summed E-state index contributed by atoms with van der Waals surface area (Å²) in [6, 6.07) is 5.48. The number of aromatic nitrogens is 1.